The Kier molecular flexibility index (Phi) is 4.22. The van der Waals surface area contributed by atoms with Gasteiger partial charge < -0.3 is 4.90 Å². The Morgan fingerprint density at radius 2 is 1.75 bits per heavy atom. The van der Waals surface area contributed by atoms with E-state index in [1.54, 1.807) is 4.40 Å². The predicted octanol–water partition coefficient (Wildman–Crippen LogP) is 2.59. The fourth-order valence-electron chi connectivity index (χ4n) is 4.03. The number of benzene rings is 2. The van der Waals surface area contributed by atoms with Gasteiger partial charge in [-0.1, -0.05) is 42.5 Å². The summed E-state index contributed by atoms with van der Waals surface area (Å²) in [5, 5.41) is 7.77. The second-order valence-electron chi connectivity index (χ2n) is 7.57. The van der Waals surface area contributed by atoms with E-state index in [0.717, 1.165) is 54.8 Å². The van der Waals surface area contributed by atoms with Crippen molar-refractivity contribution >= 4 is 16.6 Å². The van der Waals surface area contributed by atoms with Crippen molar-refractivity contribution in [1.29, 1.82) is 0 Å². The highest BCUT2D eigenvalue weighted by atomic mass is 16.1. The van der Waals surface area contributed by atoms with E-state index < -0.39 is 0 Å². The number of aromatic nitrogens is 3. The highest BCUT2D eigenvalue weighted by Crippen LogP contribution is 2.29. The van der Waals surface area contributed by atoms with Gasteiger partial charge >= 0.3 is 5.69 Å². The highest BCUT2D eigenvalue weighted by Gasteiger charge is 2.14. The Morgan fingerprint density at radius 1 is 1.00 bits per heavy atom. The van der Waals surface area contributed by atoms with Gasteiger partial charge in [-0.2, -0.15) is 5.10 Å². The Balaban J connectivity index is 1.50. The van der Waals surface area contributed by atoms with Crippen LogP contribution >= 0.6 is 0 Å². The topological polar surface area (TPSA) is 56.6 Å². The molecule has 0 atom stereocenters. The first-order valence-electron chi connectivity index (χ1n) is 9.68. The Morgan fingerprint density at radius 3 is 2.54 bits per heavy atom. The maximum absolute atomic E-state index is 12.1. The number of likely N-dealkylation sites (N-methyl/N-ethyl adjacent to an activating group) is 1. The van der Waals surface area contributed by atoms with E-state index in [2.05, 4.69) is 57.4 Å². The van der Waals surface area contributed by atoms with Crippen molar-refractivity contribution < 1.29 is 0 Å². The summed E-state index contributed by atoms with van der Waals surface area (Å²) in [6, 6.07) is 18.7. The van der Waals surface area contributed by atoms with Crippen molar-refractivity contribution in [2.75, 3.05) is 33.2 Å². The molecule has 4 aromatic rings. The number of hydrogen-bond acceptors (Lipinski definition) is 4. The Labute approximate surface area is 163 Å². The number of para-hydroxylation sites is 1. The molecule has 2 aromatic carbocycles. The van der Waals surface area contributed by atoms with Crippen LogP contribution in [0.15, 0.2) is 59.4 Å². The minimum atomic E-state index is -0.208. The molecule has 0 amide bonds. The van der Waals surface area contributed by atoms with Gasteiger partial charge in [0.05, 0.1) is 5.52 Å². The van der Waals surface area contributed by atoms with E-state index in [1.807, 2.05) is 24.3 Å². The molecular formula is C22H23N5O. The lowest BCUT2D eigenvalue weighted by Crippen LogP contribution is -2.43. The number of piperazine rings is 1. The molecule has 1 aliphatic heterocycles. The van der Waals surface area contributed by atoms with Gasteiger partial charge in [0.2, 0.25) is 0 Å². The van der Waals surface area contributed by atoms with Crippen molar-refractivity contribution in [3.8, 4) is 11.1 Å². The third kappa shape index (κ3) is 3.00. The molecule has 6 heteroatoms. The summed E-state index contributed by atoms with van der Waals surface area (Å²) >= 11 is 0. The monoisotopic (exact) mass is 373 g/mol. The summed E-state index contributed by atoms with van der Waals surface area (Å²) in [4.78, 5) is 17.0. The molecule has 0 unspecified atom stereocenters. The summed E-state index contributed by atoms with van der Waals surface area (Å²) in [5.41, 5.74) is 4.86. The fourth-order valence-corrected chi connectivity index (χ4v) is 4.03. The number of nitrogens with zero attached hydrogens (tertiary/aromatic N) is 4. The Hall–Kier alpha value is -2.96. The Bertz CT molecular complexity index is 1180. The number of hydrogen-bond donors (Lipinski definition) is 1. The minimum absolute atomic E-state index is 0.208. The first kappa shape index (κ1) is 17.2. The number of aromatic amines is 1. The molecule has 0 radical (unpaired) electrons. The lowest BCUT2D eigenvalue weighted by Gasteiger charge is -2.32. The maximum Gasteiger partial charge on any atom is 0.348 e. The van der Waals surface area contributed by atoms with Crippen LogP contribution in [0.4, 0.5) is 0 Å². The van der Waals surface area contributed by atoms with E-state index in [1.165, 1.54) is 5.56 Å². The molecule has 0 bridgehead atoms. The molecule has 1 N–H and O–H groups in total. The zero-order valence-electron chi connectivity index (χ0n) is 15.9. The summed E-state index contributed by atoms with van der Waals surface area (Å²) in [6.07, 6.45) is 0. The molecule has 0 spiro atoms. The largest absolute Gasteiger partial charge is 0.348 e. The molecule has 1 aliphatic rings. The molecule has 2 aromatic heterocycles. The second-order valence-corrected chi connectivity index (χ2v) is 7.57. The van der Waals surface area contributed by atoms with Crippen LogP contribution in [0.3, 0.4) is 0 Å². The first-order chi connectivity index (χ1) is 13.7. The standard InChI is InChI=1S/C22H23N5O/c1-25-10-12-26(13-11-25)15-16-6-8-17(9-7-16)19-14-21-23-24-22(28)27(21)20-5-3-2-4-18(19)20/h2-9,14H,10-13,15H2,1H3,(H,24,28). The van der Waals surface area contributed by atoms with Gasteiger partial charge in [0.1, 0.15) is 0 Å². The molecule has 5 rings (SSSR count). The van der Waals surface area contributed by atoms with Gasteiger partial charge in [0.25, 0.3) is 0 Å². The molecule has 6 nitrogen and oxygen atoms in total. The van der Waals surface area contributed by atoms with E-state index in [9.17, 15) is 4.79 Å². The molecule has 0 aliphatic carbocycles. The van der Waals surface area contributed by atoms with Gasteiger partial charge in [-0.3, -0.25) is 4.90 Å². The molecule has 28 heavy (non-hydrogen) atoms. The van der Waals surface area contributed by atoms with Crippen LogP contribution in [-0.4, -0.2) is 57.6 Å². The van der Waals surface area contributed by atoms with Gasteiger partial charge in [-0.15, -0.1) is 0 Å². The van der Waals surface area contributed by atoms with E-state index in [4.69, 9.17) is 0 Å². The third-order valence-electron chi connectivity index (χ3n) is 5.67. The average Bonchev–Trinajstić information content (AvgIpc) is 3.11. The molecular weight excluding hydrogens is 350 g/mol. The number of H-pyrrole nitrogens is 1. The van der Waals surface area contributed by atoms with Crippen molar-refractivity contribution in [2.24, 2.45) is 0 Å². The lowest BCUT2D eigenvalue weighted by molar-refractivity contribution is 0.148. The van der Waals surface area contributed by atoms with Crippen molar-refractivity contribution in [1.82, 2.24) is 24.4 Å². The summed E-state index contributed by atoms with van der Waals surface area (Å²) in [6.45, 7) is 5.49. The van der Waals surface area contributed by atoms with E-state index >= 15 is 0 Å². The van der Waals surface area contributed by atoms with Crippen LogP contribution in [-0.2, 0) is 6.54 Å². The van der Waals surface area contributed by atoms with Gasteiger partial charge in [0.15, 0.2) is 5.65 Å². The van der Waals surface area contributed by atoms with E-state index in [0.29, 0.717) is 5.65 Å². The maximum atomic E-state index is 12.1. The lowest BCUT2D eigenvalue weighted by atomic mass is 9.99. The quantitative estimate of drug-likeness (QED) is 0.600. The zero-order valence-corrected chi connectivity index (χ0v) is 15.9. The van der Waals surface area contributed by atoms with Gasteiger partial charge in [-0.05, 0) is 35.9 Å². The van der Waals surface area contributed by atoms with Crippen LogP contribution in [0.5, 0.6) is 0 Å². The average molecular weight is 373 g/mol. The van der Waals surface area contributed by atoms with Crippen LogP contribution in [0.25, 0.3) is 27.7 Å². The molecule has 3 heterocycles. The second kappa shape index (κ2) is 6.89. The highest BCUT2D eigenvalue weighted by molar-refractivity contribution is 5.97. The van der Waals surface area contributed by atoms with Crippen LogP contribution in [0, 0.1) is 0 Å². The van der Waals surface area contributed by atoms with Gasteiger partial charge in [0, 0.05) is 38.1 Å². The first-order valence-corrected chi connectivity index (χ1v) is 9.68. The molecule has 142 valence electrons. The predicted molar refractivity (Wildman–Crippen MR) is 112 cm³/mol. The summed E-state index contributed by atoms with van der Waals surface area (Å²) in [7, 11) is 2.18. The number of nitrogens with one attached hydrogen (secondary N) is 1. The van der Waals surface area contributed by atoms with Crippen LogP contribution in [0.2, 0.25) is 0 Å². The SMILES string of the molecule is CN1CCN(Cc2ccc(-c3cc4n[nH]c(=O)n4c4ccccc34)cc2)CC1. The smallest absolute Gasteiger partial charge is 0.304 e. The van der Waals surface area contributed by atoms with Crippen molar-refractivity contribution in [3.63, 3.8) is 0 Å². The normalized spacial score (nSPS) is 16.2. The van der Waals surface area contributed by atoms with Crippen LogP contribution < -0.4 is 5.69 Å². The number of rotatable bonds is 3. The molecule has 1 fully saturated rings. The minimum Gasteiger partial charge on any atom is -0.304 e. The van der Waals surface area contributed by atoms with E-state index in [-0.39, 0.29) is 5.69 Å². The fraction of sp³-hybridized carbons (Fsp3) is 0.273. The molecule has 0 saturated carbocycles. The summed E-state index contributed by atoms with van der Waals surface area (Å²) < 4.78 is 1.63. The summed E-state index contributed by atoms with van der Waals surface area (Å²) in [5.74, 6) is 0. The molecule has 1 saturated heterocycles. The number of fused-ring (bicyclic) bond motifs is 3. The van der Waals surface area contributed by atoms with Crippen LogP contribution in [0.1, 0.15) is 5.56 Å². The zero-order chi connectivity index (χ0) is 19.1. The third-order valence-corrected chi connectivity index (χ3v) is 5.67. The van der Waals surface area contributed by atoms with Crippen molar-refractivity contribution in [3.05, 3.63) is 70.6 Å². The number of pyridine rings is 1. The van der Waals surface area contributed by atoms with Crippen molar-refractivity contribution in [2.45, 2.75) is 6.54 Å². The van der Waals surface area contributed by atoms with Gasteiger partial charge in [-0.25, -0.2) is 14.3 Å².